The normalized spacial score (nSPS) is 16.1. The summed E-state index contributed by atoms with van der Waals surface area (Å²) in [5.74, 6) is 0.0639. The average Bonchev–Trinajstić information content (AvgIpc) is 2.84. The zero-order valence-corrected chi connectivity index (χ0v) is 16.6. The Morgan fingerprint density at radius 2 is 2.17 bits per heavy atom. The number of carboxylic acids is 1. The summed E-state index contributed by atoms with van der Waals surface area (Å²) >= 11 is 0. The summed E-state index contributed by atoms with van der Waals surface area (Å²) in [5, 5.41) is 12.4. The molecule has 29 heavy (non-hydrogen) atoms. The maximum atomic E-state index is 12.6. The van der Waals surface area contributed by atoms with E-state index in [1.807, 2.05) is 43.3 Å². The summed E-state index contributed by atoms with van der Waals surface area (Å²) in [7, 11) is 0. The lowest BCUT2D eigenvalue weighted by molar-refractivity contribution is -0.144. The highest BCUT2D eigenvalue weighted by atomic mass is 16.5. The number of nitrogens with one attached hydrogen (secondary N) is 1. The van der Waals surface area contributed by atoms with E-state index >= 15 is 0 Å². The van der Waals surface area contributed by atoms with Crippen LogP contribution in [0.5, 0.6) is 5.75 Å². The van der Waals surface area contributed by atoms with Crippen molar-refractivity contribution in [1.29, 1.82) is 0 Å². The molecule has 0 radical (unpaired) electrons. The average molecular weight is 397 g/mol. The van der Waals surface area contributed by atoms with E-state index in [0.717, 1.165) is 35.7 Å². The molecule has 0 aliphatic carbocycles. The first kappa shape index (κ1) is 20.6. The number of aromatic nitrogens is 1. The number of ether oxygens (including phenoxy) is 1. The molecule has 7 heteroatoms. The molecule has 3 rings (SSSR count). The largest absolute Gasteiger partial charge is 0.494 e. The van der Waals surface area contributed by atoms with Crippen molar-refractivity contribution in [3.8, 4) is 5.75 Å². The first-order valence-electron chi connectivity index (χ1n) is 9.97. The number of benzene rings is 1. The Hall–Kier alpha value is -3.09. The summed E-state index contributed by atoms with van der Waals surface area (Å²) < 4.78 is 5.88. The van der Waals surface area contributed by atoms with Gasteiger partial charge in [-0.25, -0.2) is 4.98 Å². The molecule has 0 saturated carbocycles. The van der Waals surface area contributed by atoms with Crippen LogP contribution in [0.4, 0.5) is 5.82 Å². The SMILES string of the molecule is CCN1Cc2cc(OCCCNc3ccccn3)ccc2CC(CC(=O)O)C1=O. The fourth-order valence-corrected chi connectivity index (χ4v) is 3.52. The number of anilines is 1. The number of hydrogen-bond acceptors (Lipinski definition) is 5. The highest BCUT2D eigenvalue weighted by Gasteiger charge is 2.30. The Morgan fingerprint density at radius 3 is 2.90 bits per heavy atom. The molecule has 1 aromatic heterocycles. The minimum atomic E-state index is -0.942. The highest BCUT2D eigenvalue weighted by molar-refractivity contribution is 5.84. The third-order valence-corrected chi connectivity index (χ3v) is 5.03. The molecule has 1 aliphatic rings. The fourth-order valence-electron chi connectivity index (χ4n) is 3.52. The quantitative estimate of drug-likeness (QED) is 0.632. The van der Waals surface area contributed by atoms with Gasteiger partial charge in [0.2, 0.25) is 5.91 Å². The molecule has 2 heterocycles. The molecular weight excluding hydrogens is 370 g/mol. The van der Waals surface area contributed by atoms with Crippen LogP contribution in [0.25, 0.3) is 0 Å². The van der Waals surface area contributed by atoms with Gasteiger partial charge in [-0.15, -0.1) is 0 Å². The Morgan fingerprint density at radius 1 is 1.31 bits per heavy atom. The first-order chi connectivity index (χ1) is 14.1. The minimum absolute atomic E-state index is 0.0887. The number of carbonyl (C=O) groups excluding carboxylic acids is 1. The summed E-state index contributed by atoms with van der Waals surface area (Å²) in [6.45, 7) is 4.28. The third-order valence-electron chi connectivity index (χ3n) is 5.03. The molecular formula is C22H27N3O4. The van der Waals surface area contributed by atoms with Crippen molar-refractivity contribution in [3.05, 3.63) is 53.7 Å². The molecule has 2 N–H and O–H groups in total. The molecule has 1 aromatic carbocycles. The van der Waals surface area contributed by atoms with Gasteiger partial charge in [0.15, 0.2) is 0 Å². The second-order valence-electron chi connectivity index (χ2n) is 7.13. The van der Waals surface area contributed by atoms with Crippen molar-refractivity contribution >= 4 is 17.7 Å². The van der Waals surface area contributed by atoms with Crippen LogP contribution in [0.2, 0.25) is 0 Å². The van der Waals surface area contributed by atoms with Crippen molar-refractivity contribution in [2.75, 3.05) is 25.0 Å². The Balaban J connectivity index is 1.58. The fraction of sp³-hybridized carbons (Fsp3) is 0.409. The van der Waals surface area contributed by atoms with Gasteiger partial charge in [-0.05, 0) is 55.2 Å². The lowest BCUT2D eigenvalue weighted by atomic mass is 9.94. The van der Waals surface area contributed by atoms with Gasteiger partial charge in [0.1, 0.15) is 11.6 Å². The van der Waals surface area contributed by atoms with Gasteiger partial charge in [0.05, 0.1) is 18.9 Å². The van der Waals surface area contributed by atoms with Crippen LogP contribution in [-0.2, 0) is 22.6 Å². The van der Waals surface area contributed by atoms with E-state index in [2.05, 4.69) is 10.3 Å². The monoisotopic (exact) mass is 397 g/mol. The molecule has 0 spiro atoms. The van der Waals surface area contributed by atoms with Crippen LogP contribution in [0, 0.1) is 5.92 Å². The predicted molar refractivity (Wildman–Crippen MR) is 110 cm³/mol. The molecule has 0 saturated heterocycles. The summed E-state index contributed by atoms with van der Waals surface area (Å²) in [6, 6.07) is 11.6. The van der Waals surface area contributed by atoms with E-state index in [-0.39, 0.29) is 12.3 Å². The second-order valence-corrected chi connectivity index (χ2v) is 7.13. The van der Waals surface area contributed by atoms with Crippen LogP contribution >= 0.6 is 0 Å². The van der Waals surface area contributed by atoms with Crippen molar-refractivity contribution in [2.24, 2.45) is 5.92 Å². The molecule has 0 bridgehead atoms. The first-order valence-corrected chi connectivity index (χ1v) is 9.97. The van der Waals surface area contributed by atoms with E-state index in [4.69, 9.17) is 9.84 Å². The van der Waals surface area contributed by atoms with Crippen LogP contribution in [-0.4, -0.2) is 46.6 Å². The van der Waals surface area contributed by atoms with Gasteiger partial charge in [0.25, 0.3) is 0 Å². The molecule has 7 nitrogen and oxygen atoms in total. The van der Waals surface area contributed by atoms with Gasteiger partial charge in [-0.2, -0.15) is 0 Å². The lowest BCUT2D eigenvalue weighted by Crippen LogP contribution is -2.35. The van der Waals surface area contributed by atoms with E-state index in [0.29, 0.717) is 26.1 Å². The van der Waals surface area contributed by atoms with Gasteiger partial charge >= 0.3 is 5.97 Å². The Bertz CT molecular complexity index is 841. The van der Waals surface area contributed by atoms with Crippen molar-refractivity contribution < 1.29 is 19.4 Å². The number of hydrogen-bond donors (Lipinski definition) is 2. The van der Waals surface area contributed by atoms with Crippen LogP contribution in [0.15, 0.2) is 42.6 Å². The maximum Gasteiger partial charge on any atom is 0.304 e. The smallest absolute Gasteiger partial charge is 0.304 e. The minimum Gasteiger partial charge on any atom is -0.494 e. The summed E-state index contributed by atoms with van der Waals surface area (Å²) in [6.07, 6.45) is 2.88. The zero-order valence-electron chi connectivity index (χ0n) is 16.6. The van der Waals surface area contributed by atoms with Gasteiger partial charge < -0.3 is 20.1 Å². The number of fused-ring (bicyclic) bond motifs is 1. The molecule has 154 valence electrons. The summed E-state index contributed by atoms with van der Waals surface area (Å²) in [4.78, 5) is 29.7. The van der Waals surface area contributed by atoms with E-state index in [1.54, 1.807) is 11.1 Å². The van der Waals surface area contributed by atoms with E-state index < -0.39 is 11.9 Å². The van der Waals surface area contributed by atoms with Crippen LogP contribution < -0.4 is 10.1 Å². The van der Waals surface area contributed by atoms with Crippen molar-refractivity contribution in [3.63, 3.8) is 0 Å². The van der Waals surface area contributed by atoms with Gasteiger partial charge in [-0.1, -0.05) is 12.1 Å². The topological polar surface area (TPSA) is 91.8 Å². The Labute approximate surface area is 170 Å². The second kappa shape index (κ2) is 9.91. The number of amides is 1. The van der Waals surface area contributed by atoms with E-state index in [1.165, 1.54) is 0 Å². The predicted octanol–water partition coefficient (Wildman–Crippen LogP) is 2.96. The van der Waals surface area contributed by atoms with Crippen molar-refractivity contribution in [2.45, 2.75) is 32.7 Å². The highest BCUT2D eigenvalue weighted by Crippen LogP contribution is 2.28. The van der Waals surface area contributed by atoms with E-state index in [9.17, 15) is 9.59 Å². The van der Waals surface area contributed by atoms with Gasteiger partial charge in [0, 0.05) is 25.8 Å². The number of carboxylic acid groups (broad SMARTS) is 1. The lowest BCUT2D eigenvalue weighted by Gasteiger charge is -2.22. The summed E-state index contributed by atoms with van der Waals surface area (Å²) in [5.41, 5.74) is 2.04. The molecule has 1 atom stereocenters. The maximum absolute atomic E-state index is 12.6. The number of aliphatic carboxylic acids is 1. The third kappa shape index (κ3) is 5.70. The zero-order chi connectivity index (χ0) is 20.6. The number of rotatable bonds is 9. The Kier molecular flexibility index (Phi) is 7.05. The standard InChI is InChI=1S/C22H27N3O4/c1-2-25-15-18-13-19(29-11-5-10-24-20-6-3-4-9-23-20)8-7-16(18)12-17(22(25)28)14-21(26)27/h3-4,6-9,13,17H,2,5,10-12,14-15H2,1H3,(H,23,24)(H,26,27). The van der Waals surface area contributed by atoms with Crippen LogP contribution in [0.1, 0.15) is 30.9 Å². The molecule has 0 fully saturated rings. The molecule has 1 unspecified atom stereocenters. The molecule has 1 amide bonds. The number of pyridine rings is 1. The number of carbonyl (C=O) groups is 2. The van der Waals surface area contributed by atoms with Gasteiger partial charge in [-0.3, -0.25) is 9.59 Å². The van der Waals surface area contributed by atoms with Crippen LogP contribution in [0.3, 0.4) is 0 Å². The van der Waals surface area contributed by atoms with Crippen molar-refractivity contribution in [1.82, 2.24) is 9.88 Å². The number of nitrogens with zero attached hydrogens (tertiary/aromatic N) is 2. The molecule has 2 aromatic rings. The molecule has 1 aliphatic heterocycles.